The quantitative estimate of drug-likeness (QED) is 0.793. The Hall–Kier alpha value is -2.62. The molecule has 2 aromatic carbocycles. The van der Waals surface area contributed by atoms with Crippen molar-refractivity contribution in [2.24, 2.45) is 0 Å². The largest absolute Gasteiger partial charge is 0.493 e. The van der Waals surface area contributed by atoms with Crippen molar-refractivity contribution in [3.63, 3.8) is 0 Å². The fourth-order valence-corrected chi connectivity index (χ4v) is 2.15. The molecule has 0 aromatic heterocycles. The van der Waals surface area contributed by atoms with Gasteiger partial charge in [-0.25, -0.2) is 4.39 Å². The van der Waals surface area contributed by atoms with Gasteiger partial charge in [0.2, 0.25) is 5.91 Å². The second kappa shape index (κ2) is 8.73. The molecule has 0 aliphatic heterocycles. The van der Waals surface area contributed by atoms with E-state index in [2.05, 4.69) is 5.32 Å². The highest BCUT2D eigenvalue weighted by Crippen LogP contribution is 2.19. The van der Waals surface area contributed by atoms with Gasteiger partial charge >= 0.3 is 0 Å². The van der Waals surface area contributed by atoms with Crippen LogP contribution in [0, 0.1) is 5.82 Å². The van der Waals surface area contributed by atoms with Crippen LogP contribution < -0.4 is 10.1 Å². The Kier molecular flexibility index (Phi) is 6.36. The summed E-state index contributed by atoms with van der Waals surface area (Å²) >= 11 is 0. The number of hydrogen-bond acceptors (Lipinski definition) is 2. The maximum atomic E-state index is 13.1. The first-order valence-corrected chi connectivity index (χ1v) is 7.61. The molecule has 3 nitrogen and oxygen atoms in total. The number of halogens is 1. The lowest BCUT2D eigenvalue weighted by molar-refractivity contribution is -0.116. The van der Waals surface area contributed by atoms with Gasteiger partial charge in [0.25, 0.3) is 0 Å². The van der Waals surface area contributed by atoms with Gasteiger partial charge in [-0.3, -0.25) is 4.79 Å². The maximum Gasteiger partial charge on any atom is 0.244 e. The molecule has 23 heavy (non-hydrogen) atoms. The minimum absolute atomic E-state index is 0.187. The molecule has 0 bridgehead atoms. The Morgan fingerprint density at radius 1 is 1.22 bits per heavy atom. The summed E-state index contributed by atoms with van der Waals surface area (Å²) in [6.07, 6.45) is 3.79. The van der Waals surface area contributed by atoms with Crippen LogP contribution in [-0.4, -0.2) is 19.1 Å². The molecule has 0 saturated heterocycles. The molecule has 0 atom stereocenters. The Labute approximate surface area is 135 Å². The Bertz CT molecular complexity index is 683. The van der Waals surface area contributed by atoms with Gasteiger partial charge in [-0.1, -0.05) is 30.3 Å². The van der Waals surface area contributed by atoms with Crippen LogP contribution in [0.25, 0.3) is 6.08 Å². The molecule has 120 valence electrons. The van der Waals surface area contributed by atoms with E-state index in [0.29, 0.717) is 19.6 Å². The topological polar surface area (TPSA) is 38.3 Å². The predicted octanol–water partition coefficient (Wildman–Crippen LogP) is 3.60. The number of carbonyl (C=O) groups excluding carboxylic acids is 1. The fourth-order valence-electron chi connectivity index (χ4n) is 2.15. The molecule has 0 fully saturated rings. The molecule has 0 saturated carbocycles. The Morgan fingerprint density at radius 2 is 2.04 bits per heavy atom. The van der Waals surface area contributed by atoms with Crippen molar-refractivity contribution in [3.05, 3.63) is 71.6 Å². The summed E-state index contributed by atoms with van der Waals surface area (Å²) in [6.45, 7) is 2.95. The molecule has 2 rings (SSSR count). The number of nitrogens with one attached hydrogen (secondary N) is 1. The number of amides is 1. The van der Waals surface area contributed by atoms with Crippen LogP contribution in [0.3, 0.4) is 0 Å². The second-order valence-electron chi connectivity index (χ2n) is 4.98. The average Bonchev–Trinajstić information content (AvgIpc) is 2.54. The summed E-state index contributed by atoms with van der Waals surface area (Å²) in [6, 6.07) is 13.9. The van der Waals surface area contributed by atoms with Crippen LogP contribution in [0.5, 0.6) is 5.75 Å². The van der Waals surface area contributed by atoms with E-state index in [1.165, 1.54) is 18.2 Å². The van der Waals surface area contributed by atoms with Crippen LogP contribution in [0.4, 0.5) is 4.39 Å². The average molecular weight is 313 g/mol. The summed E-state index contributed by atoms with van der Waals surface area (Å²) in [4.78, 5) is 11.8. The van der Waals surface area contributed by atoms with Crippen molar-refractivity contribution in [1.29, 1.82) is 0 Å². The van der Waals surface area contributed by atoms with Crippen molar-refractivity contribution in [1.82, 2.24) is 5.32 Å². The number of rotatable bonds is 7. The van der Waals surface area contributed by atoms with Crippen molar-refractivity contribution in [3.8, 4) is 5.75 Å². The van der Waals surface area contributed by atoms with Gasteiger partial charge in [0.1, 0.15) is 11.6 Å². The number of ether oxygens (including phenoxy) is 1. The molecule has 0 spiro atoms. The van der Waals surface area contributed by atoms with Crippen molar-refractivity contribution >= 4 is 12.0 Å². The van der Waals surface area contributed by atoms with E-state index in [4.69, 9.17) is 4.74 Å². The number of para-hydroxylation sites is 1. The third-order valence-corrected chi connectivity index (χ3v) is 3.24. The third kappa shape index (κ3) is 5.58. The zero-order chi connectivity index (χ0) is 16.5. The van der Waals surface area contributed by atoms with E-state index in [0.717, 1.165) is 16.9 Å². The van der Waals surface area contributed by atoms with Crippen molar-refractivity contribution in [2.75, 3.05) is 13.2 Å². The fraction of sp³-hybridized carbons (Fsp3) is 0.211. The van der Waals surface area contributed by atoms with Gasteiger partial charge in [0.15, 0.2) is 0 Å². The van der Waals surface area contributed by atoms with Crippen molar-refractivity contribution < 1.29 is 13.9 Å². The Balaban J connectivity index is 1.85. The summed E-state index contributed by atoms with van der Waals surface area (Å²) in [5.74, 6) is 0.299. The zero-order valence-corrected chi connectivity index (χ0v) is 13.1. The smallest absolute Gasteiger partial charge is 0.244 e. The van der Waals surface area contributed by atoms with E-state index in [-0.39, 0.29) is 11.7 Å². The highest BCUT2D eigenvalue weighted by atomic mass is 19.1. The minimum atomic E-state index is -0.263. The molecule has 0 aliphatic carbocycles. The molecule has 4 heteroatoms. The Morgan fingerprint density at radius 3 is 2.83 bits per heavy atom. The van der Waals surface area contributed by atoms with Gasteiger partial charge in [0.05, 0.1) is 6.61 Å². The SMILES string of the molecule is CCOc1ccccc1/C=C/C(=O)NCCc1cccc(F)c1. The van der Waals surface area contributed by atoms with Gasteiger partial charge in [-0.2, -0.15) is 0 Å². The van der Waals surface area contributed by atoms with Crippen LogP contribution in [0.2, 0.25) is 0 Å². The lowest BCUT2D eigenvalue weighted by Gasteiger charge is -2.06. The second-order valence-corrected chi connectivity index (χ2v) is 4.98. The molecule has 1 N–H and O–H groups in total. The zero-order valence-electron chi connectivity index (χ0n) is 13.1. The molecule has 0 radical (unpaired) electrons. The van der Waals surface area contributed by atoms with E-state index in [1.54, 1.807) is 12.1 Å². The van der Waals surface area contributed by atoms with Crippen LogP contribution >= 0.6 is 0 Å². The first kappa shape index (κ1) is 16.7. The van der Waals surface area contributed by atoms with Gasteiger partial charge < -0.3 is 10.1 Å². The maximum absolute atomic E-state index is 13.1. The molecule has 1 amide bonds. The molecule has 0 aliphatic rings. The molecular weight excluding hydrogens is 293 g/mol. The van der Waals surface area contributed by atoms with Crippen molar-refractivity contribution in [2.45, 2.75) is 13.3 Å². The highest BCUT2D eigenvalue weighted by molar-refractivity contribution is 5.92. The van der Waals surface area contributed by atoms with Crippen LogP contribution in [-0.2, 0) is 11.2 Å². The van der Waals surface area contributed by atoms with Crippen LogP contribution in [0.15, 0.2) is 54.6 Å². The first-order valence-electron chi connectivity index (χ1n) is 7.61. The normalized spacial score (nSPS) is 10.7. The highest BCUT2D eigenvalue weighted by Gasteiger charge is 2.01. The number of carbonyl (C=O) groups is 1. The van der Waals surface area contributed by atoms with E-state index in [9.17, 15) is 9.18 Å². The van der Waals surface area contributed by atoms with E-state index in [1.807, 2.05) is 37.3 Å². The summed E-state index contributed by atoms with van der Waals surface area (Å²) < 4.78 is 18.6. The third-order valence-electron chi connectivity index (χ3n) is 3.24. The standard InChI is InChI=1S/C19H20FNO2/c1-2-23-18-9-4-3-7-16(18)10-11-19(22)21-13-12-15-6-5-8-17(20)14-15/h3-11,14H,2,12-13H2,1H3,(H,21,22)/b11-10+. The molecule has 0 unspecified atom stereocenters. The van der Waals surface area contributed by atoms with Crippen LogP contribution in [0.1, 0.15) is 18.1 Å². The summed E-state index contributed by atoms with van der Waals surface area (Å²) in [5.41, 5.74) is 1.71. The molecule has 0 heterocycles. The summed E-state index contributed by atoms with van der Waals surface area (Å²) in [7, 11) is 0. The molecule has 2 aromatic rings. The minimum Gasteiger partial charge on any atom is -0.493 e. The molecular formula is C19H20FNO2. The van der Waals surface area contributed by atoms with Gasteiger partial charge in [-0.05, 0) is 43.2 Å². The number of hydrogen-bond donors (Lipinski definition) is 1. The predicted molar refractivity (Wildman–Crippen MR) is 89.8 cm³/mol. The first-order chi connectivity index (χ1) is 11.2. The van der Waals surface area contributed by atoms with E-state index < -0.39 is 0 Å². The van der Waals surface area contributed by atoms with E-state index >= 15 is 0 Å². The lowest BCUT2D eigenvalue weighted by Crippen LogP contribution is -2.23. The monoisotopic (exact) mass is 313 g/mol. The lowest BCUT2D eigenvalue weighted by atomic mass is 10.1. The van der Waals surface area contributed by atoms with Gasteiger partial charge in [0, 0.05) is 18.2 Å². The summed E-state index contributed by atoms with van der Waals surface area (Å²) in [5, 5.41) is 2.78. The van der Waals surface area contributed by atoms with Gasteiger partial charge in [-0.15, -0.1) is 0 Å². The number of benzene rings is 2.